The molecule has 0 saturated heterocycles. The lowest BCUT2D eigenvalue weighted by Gasteiger charge is -2.15. The number of hydrogen-bond donors (Lipinski definition) is 1. The van der Waals surface area contributed by atoms with Crippen molar-refractivity contribution >= 4 is 40.6 Å². The second-order valence-corrected chi connectivity index (χ2v) is 9.53. The molecule has 1 aromatic heterocycles. The van der Waals surface area contributed by atoms with Crippen LogP contribution in [0.3, 0.4) is 0 Å². The Labute approximate surface area is 220 Å². The van der Waals surface area contributed by atoms with Crippen molar-refractivity contribution < 1.29 is 18.7 Å². The molecule has 1 heterocycles. The molecule has 0 aliphatic heterocycles. The van der Waals surface area contributed by atoms with Gasteiger partial charge in [0.1, 0.15) is 18.1 Å². The molecule has 0 fully saturated rings. The fraction of sp³-hybridized carbons (Fsp3) is 0.172. The van der Waals surface area contributed by atoms with Crippen LogP contribution in [0.1, 0.15) is 63.1 Å². The van der Waals surface area contributed by atoms with Crippen molar-refractivity contribution in [2.45, 2.75) is 33.3 Å². The van der Waals surface area contributed by atoms with Gasteiger partial charge in [-0.25, -0.2) is 0 Å². The summed E-state index contributed by atoms with van der Waals surface area (Å²) in [5, 5.41) is 3.84. The molecule has 3 aromatic carbocycles. The topological polar surface area (TPSA) is 68.5 Å². The lowest BCUT2D eigenvalue weighted by Crippen LogP contribution is -2.14. The van der Waals surface area contributed by atoms with E-state index in [4.69, 9.17) is 32.4 Å². The molecule has 0 bridgehead atoms. The van der Waals surface area contributed by atoms with E-state index in [1.165, 1.54) is 6.07 Å². The van der Waals surface area contributed by atoms with Crippen molar-refractivity contribution in [3.8, 4) is 5.75 Å². The van der Waals surface area contributed by atoms with Gasteiger partial charge in [0.05, 0.1) is 5.69 Å². The summed E-state index contributed by atoms with van der Waals surface area (Å²) in [7, 11) is 0. The zero-order valence-corrected chi connectivity index (χ0v) is 21.6. The summed E-state index contributed by atoms with van der Waals surface area (Å²) in [6.45, 7) is 6.20. The number of rotatable bonds is 8. The van der Waals surface area contributed by atoms with Crippen LogP contribution in [0.4, 0.5) is 5.69 Å². The van der Waals surface area contributed by atoms with Crippen molar-refractivity contribution in [2.24, 2.45) is 0 Å². The molecular weight excluding hydrogens is 497 g/mol. The highest BCUT2D eigenvalue weighted by atomic mass is 35.5. The molecule has 0 radical (unpaired) electrons. The fourth-order valence-corrected chi connectivity index (χ4v) is 4.06. The molecular formula is C29H25Cl2NO4. The monoisotopic (exact) mass is 521 g/mol. The van der Waals surface area contributed by atoms with Gasteiger partial charge in [-0.15, -0.1) is 0 Å². The Morgan fingerprint density at radius 2 is 1.72 bits per heavy atom. The number of carbonyl (C=O) groups is 2. The number of hydrogen-bond acceptors (Lipinski definition) is 4. The zero-order chi connectivity index (χ0) is 25.8. The molecule has 4 rings (SSSR count). The van der Waals surface area contributed by atoms with Crippen LogP contribution in [0.15, 0.2) is 77.2 Å². The second kappa shape index (κ2) is 11.0. The van der Waals surface area contributed by atoms with Gasteiger partial charge in [-0.1, -0.05) is 67.4 Å². The van der Waals surface area contributed by atoms with E-state index in [2.05, 4.69) is 19.2 Å². The summed E-state index contributed by atoms with van der Waals surface area (Å²) in [5.41, 5.74) is 3.03. The van der Waals surface area contributed by atoms with E-state index in [0.29, 0.717) is 27.1 Å². The minimum absolute atomic E-state index is 0.0954. The molecule has 0 aliphatic carbocycles. The van der Waals surface area contributed by atoms with Gasteiger partial charge < -0.3 is 14.5 Å². The molecule has 4 aromatic rings. The Kier molecular flexibility index (Phi) is 7.82. The Morgan fingerprint density at radius 3 is 2.44 bits per heavy atom. The van der Waals surface area contributed by atoms with E-state index in [0.717, 1.165) is 16.9 Å². The predicted octanol–water partition coefficient (Wildman–Crippen LogP) is 8.08. The first kappa shape index (κ1) is 25.5. The summed E-state index contributed by atoms with van der Waals surface area (Å²) < 4.78 is 11.7. The first-order valence-electron chi connectivity index (χ1n) is 11.4. The number of nitrogens with one attached hydrogen (secondary N) is 1. The number of ketones is 1. The van der Waals surface area contributed by atoms with E-state index in [-0.39, 0.29) is 29.6 Å². The normalized spacial score (nSPS) is 10.9. The Hall–Kier alpha value is -3.54. The third-order valence-electron chi connectivity index (χ3n) is 5.68. The van der Waals surface area contributed by atoms with Crippen molar-refractivity contribution in [2.75, 3.05) is 5.32 Å². The van der Waals surface area contributed by atoms with Crippen LogP contribution >= 0.6 is 23.2 Å². The maximum Gasteiger partial charge on any atom is 0.291 e. The average Bonchev–Trinajstić information content (AvgIpc) is 3.35. The maximum atomic E-state index is 13.0. The lowest BCUT2D eigenvalue weighted by atomic mass is 10.0. The highest BCUT2D eigenvalue weighted by molar-refractivity contribution is 6.32. The van der Waals surface area contributed by atoms with Crippen molar-refractivity contribution in [3.63, 3.8) is 0 Å². The van der Waals surface area contributed by atoms with Gasteiger partial charge in [-0.05, 0) is 66.4 Å². The lowest BCUT2D eigenvalue weighted by molar-refractivity contribution is 0.0992. The fourth-order valence-electron chi connectivity index (χ4n) is 3.72. The van der Waals surface area contributed by atoms with E-state index < -0.39 is 5.91 Å². The molecule has 0 saturated carbocycles. The SMILES string of the molecule is Cc1cc(OCc2ccc(C(=O)Nc3ccc(Cl)cc3C(=O)c3ccccc3)o2)c(C(C)C)cc1Cl. The number of benzene rings is 3. The van der Waals surface area contributed by atoms with E-state index >= 15 is 0 Å². The van der Waals surface area contributed by atoms with Crippen LogP contribution in [0.25, 0.3) is 0 Å². The predicted molar refractivity (Wildman–Crippen MR) is 143 cm³/mol. The van der Waals surface area contributed by atoms with Crippen LogP contribution in [-0.4, -0.2) is 11.7 Å². The first-order valence-corrected chi connectivity index (χ1v) is 12.2. The average molecular weight is 522 g/mol. The second-order valence-electron chi connectivity index (χ2n) is 8.69. The number of ether oxygens (including phenoxy) is 1. The molecule has 0 aliphatic rings. The number of aryl methyl sites for hydroxylation is 1. The van der Waals surface area contributed by atoms with E-state index in [1.54, 1.807) is 48.5 Å². The van der Waals surface area contributed by atoms with Crippen molar-refractivity contribution in [1.82, 2.24) is 0 Å². The van der Waals surface area contributed by atoms with Gasteiger partial charge in [-0.2, -0.15) is 0 Å². The van der Waals surface area contributed by atoms with Crippen molar-refractivity contribution in [1.29, 1.82) is 0 Å². The molecule has 1 N–H and O–H groups in total. The highest BCUT2D eigenvalue weighted by Gasteiger charge is 2.19. The largest absolute Gasteiger partial charge is 0.485 e. The standard InChI is InChI=1S/C29H25Cl2NO4/c1-17(2)22-15-24(31)18(3)13-27(22)35-16-21-10-12-26(36-21)29(34)32-25-11-9-20(30)14-23(25)28(33)19-7-5-4-6-8-19/h4-15,17H,16H2,1-3H3,(H,32,34). The number of anilines is 1. The number of amides is 1. The number of furan rings is 1. The molecule has 5 nitrogen and oxygen atoms in total. The number of carbonyl (C=O) groups excluding carboxylic acids is 2. The quantitative estimate of drug-likeness (QED) is 0.238. The van der Waals surface area contributed by atoms with Crippen LogP contribution < -0.4 is 10.1 Å². The van der Waals surface area contributed by atoms with Crippen LogP contribution in [0, 0.1) is 6.92 Å². The summed E-state index contributed by atoms with van der Waals surface area (Å²) in [5.74, 6) is 0.789. The Balaban J connectivity index is 1.49. The molecule has 1 amide bonds. The van der Waals surface area contributed by atoms with Crippen LogP contribution in [0.2, 0.25) is 10.0 Å². The minimum Gasteiger partial charge on any atom is -0.485 e. The summed E-state index contributed by atoms with van der Waals surface area (Å²) in [6.07, 6.45) is 0. The molecule has 7 heteroatoms. The highest BCUT2D eigenvalue weighted by Crippen LogP contribution is 2.32. The third kappa shape index (κ3) is 5.81. The molecule has 36 heavy (non-hydrogen) atoms. The molecule has 0 atom stereocenters. The number of halogens is 2. The van der Waals surface area contributed by atoms with Gasteiger partial charge in [0.25, 0.3) is 5.91 Å². The summed E-state index contributed by atoms with van der Waals surface area (Å²) in [4.78, 5) is 25.9. The molecule has 0 spiro atoms. The first-order chi connectivity index (χ1) is 17.2. The van der Waals surface area contributed by atoms with E-state index in [9.17, 15) is 9.59 Å². The van der Waals surface area contributed by atoms with Crippen LogP contribution in [0.5, 0.6) is 5.75 Å². The van der Waals surface area contributed by atoms with Gasteiger partial charge in [0.2, 0.25) is 0 Å². The Morgan fingerprint density at radius 1 is 0.972 bits per heavy atom. The molecule has 0 unspecified atom stereocenters. The maximum absolute atomic E-state index is 13.0. The third-order valence-corrected chi connectivity index (χ3v) is 6.32. The van der Waals surface area contributed by atoms with Gasteiger partial charge in [-0.3, -0.25) is 9.59 Å². The smallest absolute Gasteiger partial charge is 0.291 e. The molecule has 184 valence electrons. The van der Waals surface area contributed by atoms with Gasteiger partial charge in [0, 0.05) is 21.2 Å². The summed E-state index contributed by atoms with van der Waals surface area (Å²) >= 11 is 12.4. The van der Waals surface area contributed by atoms with Gasteiger partial charge >= 0.3 is 0 Å². The van der Waals surface area contributed by atoms with Crippen molar-refractivity contribution in [3.05, 3.63) is 117 Å². The zero-order valence-electron chi connectivity index (χ0n) is 20.1. The van der Waals surface area contributed by atoms with Gasteiger partial charge in [0.15, 0.2) is 11.5 Å². The Bertz CT molecular complexity index is 1410. The summed E-state index contributed by atoms with van der Waals surface area (Å²) in [6, 6.07) is 20.6. The van der Waals surface area contributed by atoms with E-state index in [1.807, 2.05) is 25.1 Å². The minimum atomic E-state index is -0.490. The van der Waals surface area contributed by atoms with Crippen LogP contribution in [-0.2, 0) is 6.61 Å².